The monoisotopic (exact) mass is 286 g/mol. The van der Waals surface area contributed by atoms with E-state index in [2.05, 4.69) is 0 Å². The summed E-state index contributed by atoms with van der Waals surface area (Å²) in [4.78, 5) is 12.0. The molecule has 3 atom stereocenters. The van der Waals surface area contributed by atoms with Crippen molar-refractivity contribution in [1.82, 2.24) is 0 Å². The molecular formula is C13H22N2O3S. The molecule has 6 heteroatoms. The smallest absolute Gasteiger partial charge is 0.180 e. The van der Waals surface area contributed by atoms with Crippen molar-refractivity contribution >= 4 is 15.6 Å². The summed E-state index contributed by atoms with van der Waals surface area (Å²) >= 11 is 0. The highest BCUT2D eigenvalue weighted by Crippen LogP contribution is 2.26. The Hall–Kier alpha value is -0.980. The zero-order valence-electron chi connectivity index (χ0n) is 11.6. The standard InChI is InChI=1S/C13H22N2O3S/c1-4-9(3)19(17,18)10-6-7-11(14)13(15,8-10)12(16)5-2/h6-9,11H,4-5,14-15H2,1-3H3. The molecule has 1 aliphatic rings. The van der Waals surface area contributed by atoms with E-state index in [0.717, 1.165) is 0 Å². The van der Waals surface area contributed by atoms with Gasteiger partial charge in [0, 0.05) is 6.42 Å². The van der Waals surface area contributed by atoms with Crippen molar-refractivity contribution in [2.75, 3.05) is 0 Å². The van der Waals surface area contributed by atoms with Crippen LogP contribution in [0.4, 0.5) is 0 Å². The number of sulfone groups is 1. The molecule has 0 saturated heterocycles. The second-order valence-electron chi connectivity index (χ2n) is 4.91. The van der Waals surface area contributed by atoms with E-state index < -0.39 is 26.7 Å². The Kier molecular flexibility index (Phi) is 4.71. The van der Waals surface area contributed by atoms with E-state index in [9.17, 15) is 13.2 Å². The number of allylic oxidation sites excluding steroid dienone is 1. The van der Waals surface area contributed by atoms with Crippen LogP contribution < -0.4 is 11.5 Å². The number of nitrogens with two attached hydrogens (primary N) is 2. The van der Waals surface area contributed by atoms with E-state index in [1.807, 2.05) is 0 Å². The fourth-order valence-corrected chi connectivity index (χ4v) is 3.47. The predicted molar refractivity (Wildman–Crippen MR) is 76.1 cm³/mol. The molecule has 0 aliphatic heterocycles. The number of ketones is 1. The Bertz CT molecular complexity index is 522. The van der Waals surface area contributed by atoms with Crippen LogP contribution in [0.1, 0.15) is 33.6 Å². The molecule has 19 heavy (non-hydrogen) atoms. The summed E-state index contributed by atoms with van der Waals surface area (Å²) in [5.41, 5.74) is 10.4. The molecule has 0 bridgehead atoms. The number of hydrogen-bond acceptors (Lipinski definition) is 5. The van der Waals surface area contributed by atoms with Gasteiger partial charge in [0.05, 0.1) is 16.2 Å². The van der Waals surface area contributed by atoms with Gasteiger partial charge in [-0.15, -0.1) is 0 Å². The molecule has 0 aromatic rings. The van der Waals surface area contributed by atoms with Crippen molar-refractivity contribution in [1.29, 1.82) is 0 Å². The van der Waals surface area contributed by atoms with Gasteiger partial charge in [0.1, 0.15) is 5.54 Å². The van der Waals surface area contributed by atoms with Gasteiger partial charge in [0.25, 0.3) is 0 Å². The first-order valence-corrected chi connectivity index (χ1v) is 7.97. The van der Waals surface area contributed by atoms with Gasteiger partial charge in [0.2, 0.25) is 0 Å². The highest BCUT2D eigenvalue weighted by molar-refractivity contribution is 7.96. The highest BCUT2D eigenvalue weighted by atomic mass is 32.2. The zero-order valence-corrected chi connectivity index (χ0v) is 12.4. The Morgan fingerprint density at radius 2 is 2.05 bits per heavy atom. The third kappa shape index (κ3) is 2.80. The number of rotatable bonds is 5. The molecule has 3 unspecified atom stereocenters. The molecule has 0 radical (unpaired) electrons. The highest BCUT2D eigenvalue weighted by Gasteiger charge is 2.40. The van der Waals surface area contributed by atoms with E-state index in [1.54, 1.807) is 20.8 Å². The van der Waals surface area contributed by atoms with Crippen LogP contribution >= 0.6 is 0 Å². The first-order valence-electron chi connectivity index (χ1n) is 6.42. The van der Waals surface area contributed by atoms with Crippen molar-refractivity contribution in [3.63, 3.8) is 0 Å². The fourth-order valence-electron chi connectivity index (χ4n) is 1.94. The molecular weight excluding hydrogens is 264 g/mol. The van der Waals surface area contributed by atoms with Crippen molar-refractivity contribution in [3.8, 4) is 0 Å². The minimum atomic E-state index is -3.46. The SMILES string of the molecule is CCC(=O)C1(N)C=C(S(=O)(=O)C(C)CC)C=CC1N. The fraction of sp³-hybridized carbons (Fsp3) is 0.615. The van der Waals surface area contributed by atoms with E-state index in [0.29, 0.717) is 6.42 Å². The lowest BCUT2D eigenvalue weighted by Crippen LogP contribution is -2.59. The maximum Gasteiger partial charge on any atom is 0.180 e. The molecule has 5 nitrogen and oxygen atoms in total. The normalized spacial score (nSPS) is 28.9. The number of hydrogen-bond donors (Lipinski definition) is 2. The third-order valence-corrected chi connectivity index (χ3v) is 5.94. The molecule has 0 spiro atoms. The van der Waals surface area contributed by atoms with Crippen LogP contribution in [0.2, 0.25) is 0 Å². The molecule has 4 N–H and O–H groups in total. The van der Waals surface area contributed by atoms with Crippen LogP contribution in [-0.4, -0.2) is 31.0 Å². The molecule has 108 valence electrons. The largest absolute Gasteiger partial charge is 0.322 e. The lowest BCUT2D eigenvalue weighted by atomic mass is 9.83. The van der Waals surface area contributed by atoms with Gasteiger partial charge in [-0.25, -0.2) is 8.42 Å². The zero-order chi connectivity index (χ0) is 14.8. The van der Waals surface area contributed by atoms with E-state index >= 15 is 0 Å². The summed E-state index contributed by atoms with van der Waals surface area (Å²) in [6.07, 6.45) is 4.96. The summed E-state index contributed by atoms with van der Waals surface area (Å²) in [6, 6.07) is -0.698. The third-order valence-electron chi connectivity index (χ3n) is 3.64. The van der Waals surface area contributed by atoms with E-state index in [4.69, 9.17) is 11.5 Å². The first kappa shape index (κ1) is 16.1. The number of Topliss-reactive ketones (excluding diaryl/α,β-unsaturated/α-hetero) is 1. The summed E-state index contributed by atoms with van der Waals surface area (Å²) in [6.45, 7) is 5.12. The molecule has 0 aromatic carbocycles. The molecule has 1 rings (SSSR count). The van der Waals surface area contributed by atoms with E-state index in [1.165, 1.54) is 18.2 Å². The van der Waals surface area contributed by atoms with Gasteiger partial charge >= 0.3 is 0 Å². The minimum absolute atomic E-state index is 0.0906. The van der Waals surface area contributed by atoms with E-state index in [-0.39, 0.29) is 17.1 Å². The number of carbonyl (C=O) groups excluding carboxylic acids is 1. The van der Waals surface area contributed by atoms with Crippen LogP contribution in [0.25, 0.3) is 0 Å². The summed E-state index contributed by atoms with van der Waals surface area (Å²) in [5, 5.41) is -0.515. The van der Waals surface area contributed by atoms with Gasteiger partial charge in [0.15, 0.2) is 15.6 Å². The lowest BCUT2D eigenvalue weighted by molar-refractivity contribution is -0.122. The van der Waals surface area contributed by atoms with Gasteiger partial charge in [-0.3, -0.25) is 4.79 Å². The average Bonchev–Trinajstić information content (AvgIpc) is 2.39. The van der Waals surface area contributed by atoms with Crippen molar-refractivity contribution in [2.45, 2.75) is 50.4 Å². The van der Waals surface area contributed by atoms with Crippen molar-refractivity contribution < 1.29 is 13.2 Å². The lowest BCUT2D eigenvalue weighted by Gasteiger charge is -2.32. The van der Waals surface area contributed by atoms with Crippen LogP contribution in [0.15, 0.2) is 23.1 Å². The maximum absolute atomic E-state index is 12.3. The molecule has 0 aromatic heterocycles. The van der Waals surface area contributed by atoms with Gasteiger partial charge in [-0.1, -0.05) is 19.9 Å². The van der Waals surface area contributed by atoms with Crippen LogP contribution in [0.3, 0.4) is 0 Å². The predicted octanol–water partition coefficient (Wildman–Crippen LogP) is 0.657. The molecule has 0 saturated carbocycles. The van der Waals surface area contributed by atoms with Crippen LogP contribution in [0, 0.1) is 0 Å². The average molecular weight is 286 g/mol. The molecule has 0 amide bonds. The Balaban J connectivity index is 3.29. The van der Waals surface area contributed by atoms with Crippen molar-refractivity contribution in [2.24, 2.45) is 11.5 Å². The molecule has 0 heterocycles. The van der Waals surface area contributed by atoms with Gasteiger partial charge in [-0.05, 0) is 25.5 Å². The van der Waals surface area contributed by atoms with Gasteiger partial charge < -0.3 is 11.5 Å². The summed E-state index contributed by atoms with van der Waals surface area (Å²) < 4.78 is 24.6. The first-order chi connectivity index (χ1) is 8.70. The summed E-state index contributed by atoms with van der Waals surface area (Å²) in [7, 11) is -3.46. The summed E-state index contributed by atoms with van der Waals surface area (Å²) in [5.74, 6) is -0.263. The quantitative estimate of drug-likeness (QED) is 0.772. The minimum Gasteiger partial charge on any atom is -0.322 e. The number of carbonyl (C=O) groups is 1. The Morgan fingerprint density at radius 3 is 2.53 bits per heavy atom. The molecule has 1 aliphatic carbocycles. The maximum atomic E-state index is 12.3. The Labute approximate surface area is 114 Å². The second kappa shape index (κ2) is 5.56. The van der Waals surface area contributed by atoms with Crippen molar-refractivity contribution in [3.05, 3.63) is 23.1 Å². The second-order valence-corrected chi connectivity index (χ2v) is 7.27. The van der Waals surface area contributed by atoms with Crippen LogP contribution in [0.5, 0.6) is 0 Å². The topological polar surface area (TPSA) is 103 Å². The van der Waals surface area contributed by atoms with Gasteiger partial charge in [-0.2, -0.15) is 0 Å². The Morgan fingerprint density at radius 1 is 1.47 bits per heavy atom. The van der Waals surface area contributed by atoms with Crippen LogP contribution in [-0.2, 0) is 14.6 Å². The molecule has 0 fully saturated rings.